The molecule has 0 aromatic heterocycles. The lowest BCUT2D eigenvalue weighted by Gasteiger charge is -2.28. The van der Waals surface area contributed by atoms with Gasteiger partial charge >= 0.3 is 0 Å². The summed E-state index contributed by atoms with van der Waals surface area (Å²) >= 11 is 0. The summed E-state index contributed by atoms with van der Waals surface area (Å²) in [6.07, 6.45) is 3.75. The molecule has 0 amide bonds. The summed E-state index contributed by atoms with van der Waals surface area (Å²) in [7, 11) is -1.62. The monoisotopic (exact) mass is 347 g/mol. The topological polar surface area (TPSA) is 0 Å². The van der Waals surface area contributed by atoms with E-state index in [1.54, 1.807) is 0 Å². The van der Waals surface area contributed by atoms with Gasteiger partial charge in [-0.25, -0.2) is 0 Å². The summed E-state index contributed by atoms with van der Waals surface area (Å²) < 4.78 is 0. The first-order valence-electron chi connectivity index (χ1n) is 9.32. The lowest BCUT2D eigenvalue weighted by molar-refractivity contribution is 0.547. The molecule has 0 saturated heterocycles. The summed E-state index contributed by atoms with van der Waals surface area (Å²) in [5, 5.41) is 4.49. The molecule has 0 radical (unpaired) electrons. The van der Waals surface area contributed by atoms with Gasteiger partial charge in [0.25, 0.3) is 0 Å². The molecule has 0 saturated carbocycles. The molecule has 1 heteroatoms. The summed E-state index contributed by atoms with van der Waals surface area (Å²) in [5.41, 5.74) is 0. The summed E-state index contributed by atoms with van der Waals surface area (Å²) in [6.45, 7) is 4.69. The van der Waals surface area contributed by atoms with E-state index in [9.17, 15) is 0 Å². The molecule has 0 spiro atoms. The smallest absolute Gasteiger partial charge is 0.0651 e. The maximum Gasteiger partial charge on any atom is 0.112 e. The Bertz CT molecular complexity index is 653. The molecular formula is C24H28P+. The standard InChI is InChI=1S/C24H28P/c1-3-21(2)19-20-25(22-13-7-4-8-14-22,23-15-9-5-10-16-23)24-17-11-6-12-18-24/h4-18,21H,3,19-20H2,1-2H3/q+1/t21-/m1/s1. The highest BCUT2D eigenvalue weighted by atomic mass is 31.2. The Kier molecular flexibility index (Phi) is 6.05. The second-order valence-electron chi connectivity index (χ2n) is 6.84. The van der Waals surface area contributed by atoms with Crippen molar-refractivity contribution in [2.45, 2.75) is 26.7 Å². The van der Waals surface area contributed by atoms with Crippen molar-refractivity contribution >= 4 is 23.2 Å². The van der Waals surface area contributed by atoms with Gasteiger partial charge in [0.1, 0.15) is 23.2 Å². The van der Waals surface area contributed by atoms with E-state index in [0.29, 0.717) is 0 Å². The molecule has 25 heavy (non-hydrogen) atoms. The van der Waals surface area contributed by atoms with Crippen molar-refractivity contribution < 1.29 is 0 Å². The molecule has 0 unspecified atom stereocenters. The summed E-state index contributed by atoms with van der Waals surface area (Å²) in [4.78, 5) is 0. The van der Waals surface area contributed by atoms with Gasteiger partial charge in [-0.05, 0) is 48.7 Å². The van der Waals surface area contributed by atoms with Gasteiger partial charge in [-0.2, -0.15) is 0 Å². The van der Waals surface area contributed by atoms with E-state index in [4.69, 9.17) is 0 Å². The Morgan fingerprint density at radius 1 is 0.640 bits per heavy atom. The average Bonchev–Trinajstić information content (AvgIpc) is 2.71. The van der Waals surface area contributed by atoms with Crippen LogP contribution in [0.3, 0.4) is 0 Å². The van der Waals surface area contributed by atoms with Gasteiger partial charge in [0.2, 0.25) is 0 Å². The predicted octanol–water partition coefficient (Wildman–Crippen LogP) is 5.42. The van der Waals surface area contributed by atoms with Gasteiger partial charge in [0.15, 0.2) is 0 Å². The van der Waals surface area contributed by atoms with E-state index < -0.39 is 7.26 Å². The van der Waals surface area contributed by atoms with Crippen LogP contribution in [0.25, 0.3) is 0 Å². The molecule has 0 fully saturated rings. The van der Waals surface area contributed by atoms with E-state index >= 15 is 0 Å². The lowest BCUT2D eigenvalue weighted by atomic mass is 10.1. The number of hydrogen-bond donors (Lipinski definition) is 0. The Morgan fingerprint density at radius 3 is 1.32 bits per heavy atom. The second-order valence-corrected chi connectivity index (χ2v) is 10.5. The van der Waals surface area contributed by atoms with Gasteiger partial charge in [0.05, 0.1) is 6.16 Å². The van der Waals surface area contributed by atoms with Gasteiger partial charge < -0.3 is 0 Å². The van der Waals surface area contributed by atoms with Crippen LogP contribution >= 0.6 is 7.26 Å². The molecule has 0 aliphatic rings. The van der Waals surface area contributed by atoms with Crippen LogP contribution in [-0.2, 0) is 0 Å². The molecule has 3 rings (SSSR count). The maximum atomic E-state index is 2.38. The van der Waals surface area contributed by atoms with Crippen molar-refractivity contribution in [1.29, 1.82) is 0 Å². The molecular weight excluding hydrogens is 319 g/mol. The van der Waals surface area contributed by atoms with Gasteiger partial charge in [-0.3, -0.25) is 0 Å². The van der Waals surface area contributed by atoms with E-state index in [0.717, 1.165) is 5.92 Å². The number of hydrogen-bond acceptors (Lipinski definition) is 0. The van der Waals surface area contributed by atoms with Gasteiger partial charge in [-0.1, -0.05) is 74.9 Å². The third-order valence-corrected chi connectivity index (χ3v) is 9.71. The van der Waals surface area contributed by atoms with Crippen LogP contribution in [0.1, 0.15) is 26.7 Å². The Hall–Kier alpha value is -1.91. The molecule has 0 aliphatic heterocycles. The van der Waals surface area contributed by atoms with Crippen molar-refractivity contribution in [3.63, 3.8) is 0 Å². The van der Waals surface area contributed by atoms with Crippen LogP contribution in [0.4, 0.5) is 0 Å². The van der Waals surface area contributed by atoms with Crippen LogP contribution in [0.2, 0.25) is 0 Å². The fourth-order valence-corrected chi connectivity index (χ4v) is 8.04. The zero-order valence-corrected chi connectivity index (χ0v) is 16.2. The van der Waals surface area contributed by atoms with Crippen molar-refractivity contribution in [3.8, 4) is 0 Å². The summed E-state index contributed by atoms with van der Waals surface area (Å²) in [6, 6.07) is 33.6. The SMILES string of the molecule is CC[C@@H](C)CC[P+](c1ccccc1)(c1ccccc1)c1ccccc1. The molecule has 0 bridgehead atoms. The molecule has 3 aromatic rings. The van der Waals surface area contributed by atoms with Crippen molar-refractivity contribution in [3.05, 3.63) is 91.0 Å². The number of benzene rings is 3. The van der Waals surface area contributed by atoms with E-state index in [2.05, 4.69) is 105 Å². The molecule has 0 aliphatic carbocycles. The third kappa shape index (κ3) is 3.86. The zero-order valence-electron chi connectivity index (χ0n) is 15.3. The minimum atomic E-state index is -1.62. The molecule has 0 N–H and O–H groups in total. The van der Waals surface area contributed by atoms with E-state index in [-0.39, 0.29) is 0 Å². The average molecular weight is 347 g/mol. The fraction of sp³-hybridized carbons (Fsp3) is 0.250. The van der Waals surface area contributed by atoms with Crippen molar-refractivity contribution in [2.75, 3.05) is 6.16 Å². The first-order chi connectivity index (χ1) is 12.3. The Balaban J connectivity index is 2.20. The highest BCUT2D eigenvalue weighted by Crippen LogP contribution is 2.56. The Labute approximate surface area is 153 Å². The van der Waals surface area contributed by atoms with Gasteiger partial charge in [0, 0.05) is 0 Å². The van der Waals surface area contributed by atoms with Crippen LogP contribution in [0, 0.1) is 5.92 Å². The van der Waals surface area contributed by atoms with Crippen molar-refractivity contribution in [2.24, 2.45) is 5.92 Å². The van der Waals surface area contributed by atoms with E-state index in [1.165, 1.54) is 34.9 Å². The Morgan fingerprint density at radius 2 is 1.00 bits per heavy atom. The highest BCUT2D eigenvalue weighted by molar-refractivity contribution is 7.95. The summed E-state index contributed by atoms with van der Waals surface area (Å²) in [5.74, 6) is 0.760. The second kappa shape index (κ2) is 8.45. The minimum absolute atomic E-state index is 0.760. The fourth-order valence-electron chi connectivity index (χ4n) is 3.50. The molecule has 128 valence electrons. The normalized spacial score (nSPS) is 12.7. The van der Waals surface area contributed by atoms with Crippen LogP contribution in [0.5, 0.6) is 0 Å². The molecule has 3 aromatic carbocycles. The van der Waals surface area contributed by atoms with Crippen molar-refractivity contribution in [1.82, 2.24) is 0 Å². The maximum absolute atomic E-state index is 2.38. The largest absolute Gasteiger partial charge is 0.112 e. The zero-order chi connectivity index (χ0) is 17.5. The van der Waals surface area contributed by atoms with Gasteiger partial charge in [-0.15, -0.1) is 0 Å². The van der Waals surface area contributed by atoms with Crippen LogP contribution in [0.15, 0.2) is 91.0 Å². The predicted molar refractivity (Wildman–Crippen MR) is 114 cm³/mol. The highest BCUT2D eigenvalue weighted by Gasteiger charge is 2.44. The third-order valence-electron chi connectivity index (χ3n) is 5.25. The van der Waals surface area contributed by atoms with Crippen LogP contribution in [-0.4, -0.2) is 6.16 Å². The number of rotatable bonds is 7. The van der Waals surface area contributed by atoms with E-state index in [1.807, 2.05) is 0 Å². The molecule has 1 atom stereocenters. The quantitative estimate of drug-likeness (QED) is 0.501. The minimum Gasteiger partial charge on any atom is -0.0651 e. The first-order valence-corrected chi connectivity index (χ1v) is 11.3. The first kappa shape index (κ1) is 17.9. The lowest BCUT2D eigenvalue weighted by Crippen LogP contribution is -2.33. The molecule has 0 nitrogen and oxygen atoms in total. The molecule has 0 heterocycles. The van der Waals surface area contributed by atoms with Crippen LogP contribution < -0.4 is 15.9 Å².